The number of thiophene rings is 1. The van der Waals surface area contributed by atoms with E-state index in [0.717, 1.165) is 33.7 Å². The van der Waals surface area contributed by atoms with Crippen molar-refractivity contribution in [3.63, 3.8) is 0 Å². The summed E-state index contributed by atoms with van der Waals surface area (Å²) in [5, 5.41) is 7.43. The van der Waals surface area contributed by atoms with Gasteiger partial charge in [-0.2, -0.15) is 0 Å². The number of hydrogen-bond acceptors (Lipinski definition) is 5. The Hall–Kier alpha value is -3.00. The van der Waals surface area contributed by atoms with Crippen LogP contribution in [-0.4, -0.2) is 41.1 Å². The van der Waals surface area contributed by atoms with Crippen LogP contribution in [0.4, 0.5) is 4.79 Å². The number of nitrogens with zero attached hydrogens (tertiary/aromatic N) is 1. The molecular formula is C22H23N3O4S. The fraction of sp³-hybridized carbons (Fsp3) is 0.364. The molecule has 30 heavy (non-hydrogen) atoms. The van der Waals surface area contributed by atoms with Crippen LogP contribution >= 0.6 is 11.3 Å². The Morgan fingerprint density at radius 3 is 2.73 bits per heavy atom. The molecule has 2 atom stereocenters. The van der Waals surface area contributed by atoms with E-state index in [9.17, 15) is 19.2 Å². The summed E-state index contributed by atoms with van der Waals surface area (Å²) >= 11 is 1.58. The number of imide groups is 1. The van der Waals surface area contributed by atoms with Crippen molar-refractivity contribution in [2.45, 2.75) is 44.2 Å². The van der Waals surface area contributed by atoms with Crippen LogP contribution in [0, 0.1) is 0 Å². The Bertz CT molecular complexity index is 1000. The SMILES string of the molecule is CC(=O)C(Cc1ccccc1)NC(=O)CN1C(=O)NC2(CCCc3sccc32)C1=O. The summed E-state index contributed by atoms with van der Waals surface area (Å²) < 4.78 is 0. The third-order valence-corrected chi connectivity index (χ3v) is 6.73. The lowest BCUT2D eigenvalue weighted by Gasteiger charge is -2.31. The van der Waals surface area contributed by atoms with E-state index in [1.165, 1.54) is 6.92 Å². The molecule has 2 aliphatic rings. The van der Waals surface area contributed by atoms with Gasteiger partial charge in [-0.25, -0.2) is 4.79 Å². The van der Waals surface area contributed by atoms with Crippen LogP contribution in [0.3, 0.4) is 0 Å². The Labute approximate surface area is 178 Å². The molecule has 4 amide bonds. The Morgan fingerprint density at radius 2 is 2.00 bits per heavy atom. The van der Waals surface area contributed by atoms with Crippen molar-refractivity contribution in [3.05, 3.63) is 57.8 Å². The third kappa shape index (κ3) is 3.63. The number of ketones is 1. The minimum Gasteiger partial charge on any atom is -0.344 e. The van der Waals surface area contributed by atoms with Gasteiger partial charge >= 0.3 is 6.03 Å². The lowest BCUT2D eigenvalue weighted by molar-refractivity contribution is -0.136. The van der Waals surface area contributed by atoms with E-state index in [0.29, 0.717) is 12.8 Å². The quantitative estimate of drug-likeness (QED) is 0.694. The van der Waals surface area contributed by atoms with E-state index in [2.05, 4.69) is 10.6 Å². The van der Waals surface area contributed by atoms with Crippen LogP contribution in [0.5, 0.6) is 0 Å². The van der Waals surface area contributed by atoms with Gasteiger partial charge in [-0.3, -0.25) is 19.3 Å². The fourth-order valence-electron chi connectivity index (χ4n) is 4.21. The molecule has 4 rings (SSSR count). The number of nitrogens with one attached hydrogen (secondary N) is 2. The second-order valence-electron chi connectivity index (χ2n) is 7.76. The molecule has 1 aromatic heterocycles. The first-order valence-electron chi connectivity index (χ1n) is 9.95. The Kier molecular flexibility index (Phi) is 5.42. The molecule has 1 aliphatic carbocycles. The van der Waals surface area contributed by atoms with Gasteiger partial charge in [0.15, 0.2) is 5.78 Å². The van der Waals surface area contributed by atoms with Crippen LogP contribution in [-0.2, 0) is 32.8 Å². The zero-order chi connectivity index (χ0) is 21.3. The number of rotatable bonds is 6. The monoisotopic (exact) mass is 425 g/mol. The van der Waals surface area contributed by atoms with E-state index < -0.39 is 36.0 Å². The minimum absolute atomic E-state index is 0.184. The van der Waals surface area contributed by atoms with Crippen molar-refractivity contribution in [1.82, 2.24) is 15.5 Å². The predicted octanol–water partition coefficient (Wildman–Crippen LogP) is 2.15. The molecule has 2 heterocycles. The molecule has 8 heteroatoms. The molecular weight excluding hydrogens is 402 g/mol. The Morgan fingerprint density at radius 1 is 1.23 bits per heavy atom. The molecule has 7 nitrogen and oxygen atoms in total. The van der Waals surface area contributed by atoms with Crippen molar-refractivity contribution in [2.75, 3.05) is 6.54 Å². The lowest BCUT2D eigenvalue weighted by atomic mass is 9.80. The highest BCUT2D eigenvalue weighted by molar-refractivity contribution is 7.10. The van der Waals surface area contributed by atoms with Crippen LogP contribution < -0.4 is 10.6 Å². The van der Waals surface area contributed by atoms with Gasteiger partial charge in [0.2, 0.25) is 5.91 Å². The molecule has 156 valence electrons. The van der Waals surface area contributed by atoms with Crippen LogP contribution in [0.2, 0.25) is 0 Å². The van der Waals surface area contributed by atoms with Gasteiger partial charge in [0.05, 0.1) is 6.04 Å². The molecule has 1 spiro atoms. The molecule has 2 aromatic rings. The maximum atomic E-state index is 13.2. The lowest BCUT2D eigenvalue weighted by Crippen LogP contribution is -2.49. The summed E-state index contributed by atoms with van der Waals surface area (Å²) in [5.41, 5.74) is 0.680. The highest BCUT2D eigenvalue weighted by atomic mass is 32.1. The normalized spacial score (nSPS) is 21.3. The Balaban J connectivity index is 1.46. The standard InChI is InChI=1S/C22H23N3O4S/c1-14(26)17(12-15-6-3-2-4-7-15)23-19(27)13-25-20(28)22(24-21(25)29)10-5-8-18-16(22)9-11-30-18/h2-4,6-7,9,11,17H,5,8,10,12-13H2,1H3,(H,23,27)(H,24,29). The zero-order valence-corrected chi connectivity index (χ0v) is 17.5. The summed E-state index contributed by atoms with van der Waals surface area (Å²) in [6, 6.07) is 9.96. The zero-order valence-electron chi connectivity index (χ0n) is 16.6. The summed E-state index contributed by atoms with van der Waals surface area (Å²) in [4.78, 5) is 52.5. The summed E-state index contributed by atoms with van der Waals surface area (Å²) in [7, 11) is 0. The minimum atomic E-state index is -1.07. The predicted molar refractivity (Wildman–Crippen MR) is 112 cm³/mol. The number of fused-ring (bicyclic) bond motifs is 2. The first-order chi connectivity index (χ1) is 14.4. The summed E-state index contributed by atoms with van der Waals surface area (Å²) in [6.45, 7) is 1.00. The average molecular weight is 426 g/mol. The summed E-state index contributed by atoms with van der Waals surface area (Å²) in [6.07, 6.45) is 2.55. The number of urea groups is 1. The van der Waals surface area contributed by atoms with E-state index >= 15 is 0 Å². The molecule has 0 saturated carbocycles. The van der Waals surface area contributed by atoms with Crippen LogP contribution in [0.25, 0.3) is 0 Å². The van der Waals surface area contributed by atoms with Gasteiger partial charge in [-0.05, 0) is 49.6 Å². The van der Waals surface area contributed by atoms with E-state index in [1.54, 1.807) is 11.3 Å². The van der Waals surface area contributed by atoms with Gasteiger partial charge in [0.1, 0.15) is 12.1 Å². The molecule has 1 fully saturated rings. The first kappa shape index (κ1) is 20.3. The van der Waals surface area contributed by atoms with Crippen molar-refractivity contribution in [2.24, 2.45) is 0 Å². The smallest absolute Gasteiger partial charge is 0.325 e. The van der Waals surface area contributed by atoms with Gasteiger partial charge < -0.3 is 10.6 Å². The topological polar surface area (TPSA) is 95.6 Å². The van der Waals surface area contributed by atoms with E-state index in [1.807, 2.05) is 41.8 Å². The third-order valence-electron chi connectivity index (χ3n) is 5.75. The molecule has 0 bridgehead atoms. The highest BCUT2D eigenvalue weighted by Gasteiger charge is 2.54. The molecule has 1 aliphatic heterocycles. The second kappa shape index (κ2) is 8.02. The van der Waals surface area contributed by atoms with Gasteiger partial charge in [-0.15, -0.1) is 11.3 Å². The average Bonchev–Trinajstić information content (AvgIpc) is 3.29. The largest absolute Gasteiger partial charge is 0.344 e. The number of Topliss-reactive ketones (excluding diaryl/α,β-unsaturated/α-hetero) is 1. The van der Waals surface area contributed by atoms with Gasteiger partial charge in [-0.1, -0.05) is 30.3 Å². The van der Waals surface area contributed by atoms with Crippen molar-refractivity contribution in [3.8, 4) is 0 Å². The molecule has 2 unspecified atom stereocenters. The number of hydrogen-bond donors (Lipinski definition) is 2. The highest BCUT2D eigenvalue weighted by Crippen LogP contribution is 2.41. The number of amides is 4. The summed E-state index contributed by atoms with van der Waals surface area (Å²) in [5.74, 6) is -1.12. The van der Waals surface area contributed by atoms with Crippen LogP contribution in [0.15, 0.2) is 41.8 Å². The number of aryl methyl sites for hydroxylation is 1. The molecule has 0 radical (unpaired) electrons. The van der Waals surface area contributed by atoms with Gasteiger partial charge in [0, 0.05) is 10.4 Å². The van der Waals surface area contributed by atoms with Gasteiger partial charge in [0.25, 0.3) is 5.91 Å². The van der Waals surface area contributed by atoms with E-state index in [4.69, 9.17) is 0 Å². The van der Waals surface area contributed by atoms with Crippen molar-refractivity contribution in [1.29, 1.82) is 0 Å². The number of carbonyl (C=O) groups is 4. The maximum Gasteiger partial charge on any atom is 0.325 e. The molecule has 1 saturated heterocycles. The molecule has 1 aromatic carbocycles. The number of carbonyl (C=O) groups excluding carboxylic acids is 4. The maximum absolute atomic E-state index is 13.2. The molecule has 2 N–H and O–H groups in total. The van der Waals surface area contributed by atoms with Crippen molar-refractivity contribution < 1.29 is 19.2 Å². The fourth-order valence-corrected chi connectivity index (χ4v) is 5.21. The second-order valence-corrected chi connectivity index (χ2v) is 8.76. The first-order valence-corrected chi connectivity index (χ1v) is 10.8. The van der Waals surface area contributed by atoms with Crippen molar-refractivity contribution >= 4 is 35.0 Å². The van der Waals surface area contributed by atoms with Crippen LogP contribution in [0.1, 0.15) is 35.8 Å². The van der Waals surface area contributed by atoms with E-state index in [-0.39, 0.29) is 5.78 Å². The number of benzene rings is 1.